The van der Waals surface area contributed by atoms with Gasteiger partial charge >= 0.3 is 0 Å². The van der Waals surface area contributed by atoms with Crippen LogP contribution in [0.5, 0.6) is 0 Å². The highest BCUT2D eigenvalue weighted by molar-refractivity contribution is 7.81. The van der Waals surface area contributed by atoms with E-state index in [1.807, 2.05) is 0 Å². The summed E-state index contributed by atoms with van der Waals surface area (Å²) >= 11 is 4.48. The van der Waals surface area contributed by atoms with Gasteiger partial charge in [0.05, 0.1) is 0 Å². The summed E-state index contributed by atoms with van der Waals surface area (Å²) in [6, 6.07) is 0. The molecule has 0 amide bonds. The third-order valence-electron chi connectivity index (χ3n) is 0.779. The zero-order valence-corrected chi connectivity index (χ0v) is 7.60. The molecule has 0 radical (unpaired) electrons. The largest absolute Gasteiger partial charge is 0.761 e. The number of oxime groups is 1. The monoisotopic (exact) mass is 213 g/mol. The smallest absolute Gasteiger partial charge is 0.283 e. The van der Waals surface area contributed by atoms with Crippen molar-refractivity contribution in [3.8, 4) is 0 Å². The Morgan fingerprint density at radius 3 is 2.67 bits per heavy atom. The fraction of sp³-hybridized carbons (Fsp3) is 0.750. The first-order valence-electron chi connectivity index (χ1n) is 2.95. The first-order chi connectivity index (χ1) is 5.45. The third-order valence-corrected chi connectivity index (χ3v) is 1.31. The van der Waals surface area contributed by atoms with Crippen molar-refractivity contribution < 1.29 is 22.4 Å². The van der Waals surface area contributed by atoms with Crippen LogP contribution in [0.2, 0.25) is 0 Å². The third kappa shape index (κ3) is 7.66. The number of hydrogen-bond donors (Lipinski definition) is 1. The molecular formula is C4H7NO5S2-2. The van der Waals surface area contributed by atoms with Gasteiger partial charge in [0.25, 0.3) is 10.4 Å². The molecule has 8 heteroatoms. The van der Waals surface area contributed by atoms with Crippen molar-refractivity contribution in [3.63, 3.8) is 0 Å². The fourth-order valence-electron chi connectivity index (χ4n) is 0.363. The van der Waals surface area contributed by atoms with Crippen molar-refractivity contribution in [3.05, 3.63) is 0 Å². The number of aliphatic hydroxyl groups is 1. The van der Waals surface area contributed by atoms with Gasteiger partial charge in [-0.05, 0) is 12.8 Å². The van der Waals surface area contributed by atoms with Crippen LogP contribution in [0.3, 0.4) is 0 Å². The maximum Gasteiger partial charge on any atom is 0.283 e. The molecule has 72 valence electrons. The maximum absolute atomic E-state index is 9.83. The van der Waals surface area contributed by atoms with Crippen LogP contribution < -0.4 is 0 Å². The molecular weight excluding hydrogens is 206 g/mol. The predicted octanol–water partition coefficient (Wildman–Crippen LogP) is -0.904. The first kappa shape index (κ1) is 11.6. The molecule has 0 aromatic carbocycles. The Labute approximate surface area is 75.6 Å². The summed E-state index contributed by atoms with van der Waals surface area (Å²) in [4.78, 5) is 0. The van der Waals surface area contributed by atoms with Crippen molar-refractivity contribution in [2.24, 2.45) is 5.16 Å². The van der Waals surface area contributed by atoms with Gasteiger partial charge in [0.2, 0.25) is 0 Å². The molecule has 0 aromatic heterocycles. The second-order valence-corrected chi connectivity index (χ2v) is 3.23. The minimum absolute atomic E-state index is 0.0662. The number of nitrogens with zero attached hydrogens (tertiary/aromatic N) is 1. The first-order valence-corrected chi connectivity index (χ1v) is 4.69. The van der Waals surface area contributed by atoms with Crippen molar-refractivity contribution in [1.29, 1.82) is 0 Å². The molecule has 0 bridgehead atoms. The Morgan fingerprint density at radius 1 is 1.67 bits per heavy atom. The van der Waals surface area contributed by atoms with Gasteiger partial charge in [0.15, 0.2) is 0 Å². The minimum atomic E-state index is -4.81. The highest BCUT2D eigenvalue weighted by Gasteiger charge is 1.89. The summed E-state index contributed by atoms with van der Waals surface area (Å²) in [7, 11) is -4.81. The zero-order valence-electron chi connectivity index (χ0n) is 5.97. The van der Waals surface area contributed by atoms with E-state index in [1.54, 1.807) is 0 Å². The zero-order chi connectivity index (χ0) is 9.61. The van der Waals surface area contributed by atoms with Crippen LogP contribution in [-0.4, -0.2) is 29.7 Å². The average molecular weight is 213 g/mol. The van der Waals surface area contributed by atoms with Crippen molar-refractivity contribution in [2.75, 3.05) is 6.61 Å². The normalized spacial score (nSPS) is 13.0. The van der Waals surface area contributed by atoms with Crippen LogP contribution in [0.15, 0.2) is 5.16 Å². The molecule has 0 unspecified atom stereocenters. The van der Waals surface area contributed by atoms with Gasteiger partial charge in [0.1, 0.15) is 0 Å². The Kier molecular flexibility index (Phi) is 5.06. The van der Waals surface area contributed by atoms with Gasteiger partial charge < -0.3 is 22.3 Å². The Balaban J connectivity index is 3.85. The van der Waals surface area contributed by atoms with Gasteiger partial charge in [-0.1, -0.05) is 10.2 Å². The fourth-order valence-corrected chi connectivity index (χ4v) is 0.773. The topological polar surface area (TPSA) is 99.0 Å². The van der Waals surface area contributed by atoms with E-state index in [1.165, 1.54) is 0 Å². The SMILES string of the molecule is O=S(=O)([O-])O/N=C(\[S-])CCCO. The van der Waals surface area contributed by atoms with Gasteiger partial charge in [-0.3, -0.25) is 4.28 Å². The van der Waals surface area contributed by atoms with Crippen LogP contribution >= 0.6 is 0 Å². The minimum Gasteiger partial charge on any atom is -0.761 e. The molecule has 0 atom stereocenters. The summed E-state index contributed by atoms with van der Waals surface area (Å²) in [6.07, 6.45) is 0.561. The molecule has 0 rings (SSSR count). The summed E-state index contributed by atoms with van der Waals surface area (Å²) in [5.74, 6) is 0. The lowest BCUT2D eigenvalue weighted by molar-refractivity contribution is 0.273. The molecule has 6 nitrogen and oxygen atoms in total. The Morgan fingerprint density at radius 2 is 2.25 bits per heavy atom. The quantitative estimate of drug-likeness (QED) is 0.159. The van der Waals surface area contributed by atoms with E-state index in [9.17, 15) is 13.0 Å². The van der Waals surface area contributed by atoms with E-state index in [4.69, 9.17) is 5.11 Å². The molecule has 0 heterocycles. The molecule has 0 aliphatic rings. The van der Waals surface area contributed by atoms with Crippen LogP contribution in [0.1, 0.15) is 12.8 Å². The summed E-state index contributed by atoms with van der Waals surface area (Å²) in [5, 5.41) is 11.1. The maximum atomic E-state index is 9.83. The van der Waals surface area contributed by atoms with Crippen molar-refractivity contribution >= 4 is 28.1 Å². The average Bonchev–Trinajstić information content (AvgIpc) is 1.95. The van der Waals surface area contributed by atoms with Crippen molar-refractivity contribution in [2.45, 2.75) is 12.8 Å². The second kappa shape index (κ2) is 5.25. The highest BCUT2D eigenvalue weighted by Crippen LogP contribution is 1.94. The molecule has 0 saturated carbocycles. The molecule has 1 N–H and O–H groups in total. The van der Waals surface area contributed by atoms with Crippen molar-refractivity contribution in [1.82, 2.24) is 0 Å². The van der Waals surface area contributed by atoms with E-state index >= 15 is 0 Å². The summed E-state index contributed by atoms with van der Waals surface area (Å²) < 4.78 is 33.0. The van der Waals surface area contributed by atoms with Gasteiger partial charge in [-0.2, -0.15) is 8.42 Å². The van der Waals surface area contributed by atoms with Gasteiger partial charge in [-0.25, -0.2) is 0 Å². The van der Waals surface area contributed by atoms with E-state index in [0.717, 1.165) is 0 Å². The molecule has 12 heavy (non-hydrogen) atoms. The van der Waals surface area contributed by atoms with Crippen LogP contribution in [0.25, 0.3) is 0 Å². The van der Waals surface area contributed by atoms with E-state index < -0.39 is 10.4 Å². The highest BCUT2D eigenvalue weighted by atomic mass is 32.3. The van der Waals surface area contributed by atoms with E-state index in [0.29, 0.717) is 6.42 Å². The molecule has 0 aromatic rings. The Bertz CT molecular complexity index is 246. The molecule has 0 saturated heterocycles. The van der Waals surface area contributed by atoms with Crippen LogP contribution in [0.4, 0.5) is 0 Å². The number of hydrogen-bond acceptors (Lipinski definition) is 7. The lowest BCUT2D eigenvalue weighted by Gasteiger charge is -2.09. The van der Waals surface area contributed by atoms with Gasteiger partial charge in [0, 0.05) is 6.61 Å². The number of aliphatic hydroxyl groups excluding tert-OH is 1. The molecule has 0 aliphatic heterocycles. The van der Waals surface area contributed by atoms with Crippen LogP contribution in [0, 0.1) is 0 Å². The molecule has 0 fully saturated rings. The Hall–Kier alpha value is -0.440. The summed E-state index contributed by atoms with van der Waals surface area (Å²) in [6.45, 7) is -0.0835. The number of rotatable bonds is 5. The second-order valence-electron chi connectivity index (χ2n) is 1.79. The lowest BCUT2D eigenvalue weighted by atomic mass is 10.3. The molecule has 0 spiro atoms. The standard InChI is InChI=1S/C4H9NO5S2/c6-3-1-2-4(11)5-10-12(7,8)9/h6H,1-3H2,(H,5,11)(H,7,8,9)/p-2. The van der Waals surface area contributed by atoms with E-state index in [-0.39, 0.29) is 18.1 Å². The predicted molar refractivity (Wildman–Crippen MR) is 41.9 cm³/mol. The summed E-state index contributed by atoms with van der Waals surface area (Å²) in [5.41, 5.74) is 0. The van der Waals surface area contributed by atoms with Gasteiger partial charge in [-0.15, -0.1) is 0 Å². The van der Waals surface area contributed by atoms with E-state index in [2.05, 4.69) is 22.1 Å². The molecule has 0 aliphatic carbocycles. The van der Waals surface area contributed by atoms with Crippen LogP contribution in [-0.2, 0) is 27.3 Å². The lowest BCUT2D eigenvalue weighted by Crippen LogP contribution is -2.02.